The largest absolute Gasteiger partial charge is 0.352 e. The number of aryl methyl sites for hydroxylation is 1. The fraction of sp³-hybridized carbons (Fsp3) is 0.556. The number of amides is 1. The fourth-order valence-corrected chi connectivity index (χ4v) is 3.09. The summed E-state index contributed by atoms with van der Waals surface area (Å²) in [5.74, 6) is 0.188. The first-order valence-corrected chi connectivity index (χ1v) is 8.33. The minimum absolute atomic E-state index is 0.214. The van der Waals surface area contributed by atoms with Crippen LogP contribution in [-0.2, 0) is 7.05 Å². The van der Waals surface area contributed by atoms with E-state index in [9.17, 15) is 9.59 Å². The number of hydrogen-bond acceptors (Lipinski definition) is 3. The van der Waals surface area contributed by atoms with Crippen LogP contribution in [0.5, 0.6) is 0 Å². The number of carbonyl (C=O) groups is 1. The number of hydrogen-bond donors (Lipinski definition) is 1. The molecule has 1 fully saturated rings. The van der Waals surface area contributed by atoms with E-state index in [4.69, 9.17) is 0 Å². The van der Waals surface area contributed by atoms with Gasteiger partial charge >= 0.3 is 0 Å². The Hall–Kier alpha value is -1.88. The molecule has 1 saturated heterocycles. The highest BCUT2D eigenvalue weighted by Crippen LogP contribution is 2.16. The highest BCUT2D eigenvalue weighted by atomic mass is 16.2. The summed E-state index contributed by atoms with van der Waals surface area (Å²) in [4.78, 5) is 26.5. The number of aromatic nitrogens is 1. The van der Waals surface area contributed by atoms with Gasteiger partial charge in [-0.15, -0.1) is 0 Å². The predicted octanol–water partition coefficient (Wildman–Crippen LogP) is 1.79. The van der Waals surface area contributed by atoms with Gasteiger partial charge in [0.25, 0.3) is 11.5 Å². The van der Waals surface area contributed by atoms with Crippen molar-refractivity contribution in [1.82, 2.24) is 14.8 Å². The molecule has 5 nitrogen and oxygen atoms in total. The van der Waals surface area contributed by atoms with E-state index in [1.54, 1.807) is 25.4 Å². The number of nitrogens with zero attached hydrogens (tertiary/aromatic N) is 2. The number of pyridine rings is 1. The quantitative estimate of drug-likeness (QED) is 0.814. The van der Waals surface area contributed by atoms with Crippen molar-refractivity contribution >= 4 is 5.91 Å². The minimum atomic E-state index is -0.272. The van der Waals surface area contributed by atoms with Crippen LogP contribution in [0, 0.1) is 5.92 Å². The van der Waals surface area contributed by atoms with E-state index in [1.807, 2.05) is 0 Å². The summed E-state index contributed by atoms with van der Waals surface area (Å²) in [5.41, 5.74) is 1.37. The monoisotopic (exact) mass is 317 g/mol. The van der Waals surface area contributed by atoms with E-state index in [0.29, 0.717) is 12.5 Å². The van der Waals surface area contributed by atoms with Crippen LogP contribution < -0.4 is 10.9 Å². The van der Waals surface area contributed by atoms with Crippen LogP contribution in [0.2, 0.25) is 0 Å². The highest BCUT2D eigenvalue weighted by Gasteiger charge is 2.23. The predicted molar refractivity (Wildman–Crippen MR) is 92.6 cm³/mol. The van der Waals surface area contributed by atoms with Crippen LogP contribution in [0.15, 0.2) is 34.8 Å². The standard InChI is InChI=1S/C18H27N3O2/c1-4-6-14(2)12-21-10-8-15(13-21)11-19-17(22)16-7-5-9-20(3)18(16)23/h5-7,9,15H,4,8,10-13H2,1-3H3,(H,19,22)/b14-6+/t15-/m0/s1. The molecular weight excluding hydrogens is 290 g/mol. The van der Waals surface area contributed by atoms with Crippen LogP contribution >= 0.6 is 0 Å². The summed E-state index contributed by atoms with van der Waals surface area (Å²) in [5, 5.41) is 2.91. The molecule has 2 heterocycles. The number of carbonyl (C=O) groups excluding carboxylic acids is 1. The van der Waals surface area contributed by atoms with Gasteiger partial charge in [-0.05, 0) is 44.4 Å². The van der Waals surface area contributed by atoms with Gasteiger partial charge in [0.05, 0.1) is 0 Å². The summed E-state index contributed by atoms with van der Waals surface area (Å²) in [6.07, 6.45) is 6.08. The van der Waals surface area contributed by atoms with Gasteiger partial charge in [0.1, 0.15) is 5.56 Å². The lowest BCUT2D eigenvalue weighted by molar-refractivity contribution is 0.0945. The van der Waals surface area contributed by atoms with Crippen molar-refractivity contribution in [3.63, 3.8) is 0 Å². The van der Waals surface area contributed by atoms with Gasteiger partial charge in [0.2, 0.25) is 0 Å². The molecule has 0 spiro atoms. The summed E-state index contributed by atoms with van der Waals surface area (Å²) in [7, 11) is 1.65. The third-order valence-electron chi connectivity index (χ3n) is 4.31. The molecule has 0 unspecified atom stereocenters. The maximum Gasteiger partial charge on any atom is 0.263 e. The molecule has 0 aliphatic carbocycles. The molecule has 1 aromatic heterocycles. The lowest BCUT2D eigenvalue weighted by Gasteiger charge is -2.16. The second kappa shape index (κ2) is 8.11. The summed E-state index contributed by atoms with van der Waals surface area (Å²) < 4.78 is 1.43. The van der Waals surface area contributed by atoms with E-state index in [2.05, 4.69) is 30.1 Å². The SMILES string of the molecule is CC/C=C(\C)CN1CC[C@@H](CNC(=O)c2cccn(C)c2=O)C1. The van der Waals surface area contributed by atoms with Crippen molar-refractivity contribution in [2.75, 3.05) is 26.2 Å². The normalized spacial score (nSPS) is 19.1. The molecule has 1 aliphatic heterocycles. The third-order valence-corrected chi connectivity index (χ3v) is 4.31. The summed E-state index contributed by atoms with van der Waals surface area (Å²) in [6.45, 7) is 8.04. The lowest BCUT2D eigenvalue weighted by Crippen LogP contribution is -2.35. The lowest BCUT2D eigenvalue weighted by atomic mass is 10.1. The van der Waals surface area contributed by atoms with Gasteiger partial charge in [-0.3, -0.25) is 14.5 Å². The van der Waals surface area contributed by atoms with E-state index in [0.717, 1.165) is 32.5 Å². The van der Waals surface area contributed by atoms with Crippen LogP contribution in [0.4, 0.5) is 0 Å². The van der Waals surface area contributed by atoms with Crippen LogP contribution in [0.25, 0.3) is 0 Å². The number of allylic oxidation sites excluding steroid dienone is 1. The van der Waals surface area contributed by atoms with Gasteiger partial charge in [0, 0.05) is 32.9 Å². The maximum absolute atomic E-state index is 12.2. The molecule has 1 aliphatic rings. The van der Waals surface area contributed by atoms with Gasteiger partial charge in [-0.1, -0.05) is 18.6 Å². The zero-order valence-corrected chi connectivity index (χ0v) is 14.3. The van der Waals surface area contributed by atoms with Crippen LogP contribution in [-0.4, -0.2) is 41.6 Å². The first kappa shape index (κ1) is 17.5. The molecule has 0 saturated carbocycles. The van der Waals surface area contributed by atoms with Crippen molar-refractivity contribution in [1.29, 1.82) is 0 Å². The Kier molecular flexibility index (Phi) is 6.16. The summed E-state index contributed by atoms with van der Waals surface area (Å²) >= 11 is 0. The van der Waals surface area contributed by atoms with Crippen molar-refractivity contribution in [2.45, 2.75) is 26.7 Å². The van der Waals surface area contributed by atoms with Crippen molar-refractivity contribution in [2.24, 2.45) is 13.0 Å². The van der Waals surface area contributed by atoms with E-state index >= 15 is 0 Å². The Morgan fingerprint density at radius 3 is 3.00 bits per heavy atom. The first-order valence-electron chi connectivity index (χ1n) is 8.33. The zero-order valence-electron chi connectivity index (χ0n) is 14.3. The van der Waals surface area contributed by atoms with E-state index in [1.165, 1.54) is 10.1 Å². The zero-order chi connectivity index (χ0) is 16.8. The maximum atomic E-state index is 12.2. The Balaban J connectivity index is 1.83. The van der Waals surface area contributed by atoms with Gasteiger partial charge in [-0.25, -0.2) is 0 Å². The fourth-order valence-electron chi connectivity index (χ4n) is 3.09. The smallest absolute Gasteiger partial charge is 0.263 e. The van der Waals surface area contributed by atoms with Crippen molar-refractivity contribution in [3.05, 3.63) is 45.9 Å². The molecule has 23 heavy (non-hydrogen) atoms. The van der Waals surface area contributed by atoms with Gasteiger partial charge in [0.15, 0.2) is 0 Å². The van der Waals surface area contributed by atoms with Gasteiger partial charge in [-0.2, -0.15) is 0 Å². The van der Waals surface area contributed by atoms with Crippen LogP contribution in [0.1, 0.15) is 37.0 Å². The molecule has 1 atom stereocenters. The second-order valence-corrected chi connectivity index (χ2v) is 6.40. The Bertz CT molecular complexity index is 633. The first-order chi connectivity index (χ1) is 11.0. The average molecular weight is 317 g/mol. The van der Waals surface area contributed by atoms with E-state index < -0.39 is 0 Å². The molecule has 1 amide bonds. The number of likely N-dealkylation sites (tertiary alicyclic amines) is 1. The molecule has 1 N–H and O–H groups in total. The molecule has 0 radical (unpaired) electrons. The van der Waals surface area contributed by atoms with Crippen molar-refractivity contribution in [3.8, 4) is 0 Å². The summed E-state index contributed by atoms with van der Waals surface area (Å²) in [6, 6.07) is 3.30. The topological polar surface area (TPSA) is 54.3 Å². The Morgan fingerprint density at radius 2 is 2.26 bits per heavy atom. The van der Waals surface area contributed by atoms with Crippen LogP contribution in [0.3, 0.4) is 0 Å². The van der Waals surface area contributed by atoms with Crippen molar-refractivity contribution < 1.29 is 4.79 Å². The Labute approximate surface area is 138 Å². The molecule has 5 heteroatoms. The Morgan fingerprint density at radius 1 is 1.48 bits per heavy atom. The van der Waals surface area contributed by atoms with Gasteiger partial charge < -0.3 is 9.88 Å². The van der Waals surface area contributed by atoms with E-state index in [-0.39, 0.29) is 17.0 Å². The minimum Gasteiger partial charge on any atom is -0.352 e. The second-order valence-electron chi connectivity index (χ2n) is 6.40. The third kappa shape index (κ3) is 4.79. The highest BCUT2D eigenvalue weighted by molar-refractivity contribution is 5.93. The molecule has 0 bridgehead atoms. The molecule has 0 aromatic carbocycles. The molecule has 126 valence electrons. The number of rotatable bonds is 6. The molecular formula is C18H27N3O2. The average Bonchev–Trinajstić information content (AvgIpc) is 2.95. The molecule has 2 rings (SSSR count). The molecule has 1 aromatic rings. The number of nitrogens with one attached hydrogen (secondary N) is 1.